The van der Waals surface area contributed by atoms with Crippen LogP contribution >= 0.6 is 50.1 Å². The number of alkyl halides is 1. The first kappa shape index (κ1) is 11.5. The quantitative estimate of drug-likeness (QED) is 0.447. The molecule has 0 fully saturated rings. The highest BCUT2D eigenvalue weighted by molar-refractivity contribution is 14.1. The van der Waals surface area contributed by atoms with Crippen molar-refractivity contribution < 1.29 is 4.79 Å². The summed E-state index contributed by atoms with van der Waals surface area (Å²) >= 11 is 11.0. The van der Waals surface area contributed by atoms with Gasteiger partial charge in [-0.15, -0.1) is 11.6 Å². The largest absolute Gasteiger partial charge is 0.294 e. The molecular weight excluding hydrogens is 366 g/mol. The maximum atomic E-state index is 11.5. The van der Waals surface area contributed by atoms with E-state index >= 15 is 0 Å². The first-order valence-corrected chi connectivity index (χ1v) is 6.10. The average molecular weight is 373 g/mol. The van der Waals surface area contributed by atoms with Crippen LogP contribution in [0.2, 0.25) is 0 Å². The molecule has 0 saturated carbocycles. The Hall–Kier alpha value is 0.390. The van der Waals surface area contributed by atoms with Gasteiger partial charge in [0.1, 0.15) is 0 Å². The molecule has 1 nitrogen and oxygen atoms in total. The Morgan fingerprint density at radius 1 is 1.54 bits per heavy atom. The summed E-state index contributed by atoms with van der Waals surface area (Å²) < 4.78 is 1.89. The maximum absolute atomic E-state index is 11.5. The molecule has 13 heavy (non-hydrogen) atoms. The Kier molecular flexibility index (Phi) is 4.69. The molecule has 0 saturated heterocycles. The van der Waals surface area contributed by atoms with E-state index in [0.717, 1.165) is 13.6 Å². The van der Waals surface area contributed by atoms with E-state index < -0.39 is 0 Å². The first-order chi connectivity index (χ1) is 6.15. The number of carbonyl (C=O) groups is 1. The molecule has 0 aliphatic heterocycles. The van der Waals surface area contributed by atoms with Gasteiger partial charge >= 0.3 is 0 Å². The highest BCUT2D eigenvalue weighted by atomic mass is 127. The lowest BCUT2D eigenvalue weighted by atomic mass is 10.1. The first-order valence-electron chi connectivity index (χ1n) is 3.69. The number of ketones is 1. The molecule has 0 aromatic heterocycles. The standard InChI is InChI=1S/C9H7BrClIO/c10-6-1-2-8(12)7(5-6)9(13)3-4-11/h1-2,5H,3-4H2. The van der Waals surface area contributed by atoms with Crippen LogP contribution in [0.3, 0.4) is 0 Å². The lowest BCUT2D eigenvalue weighted by molar-refractivity contribution is 0.0988. The van der Waals surface area contributed by atoms with Gasteiger partial charge in [0.2, 0.25) is 0 Å². The molecule has 0 aliphatic rings. The van der Waals surface area contributed by atoms with Gasteiger partial charge < -0.3 is 0 Å². The summed E-state index contributed by atoms with van der Waals surface area (Å²) in [5, 5.41) is 0. The molecule has 1 rings (SSSR count). The number of rotatable bonds is 3. The maximum Gasteiger partial charge on any atom is 0.165 e. The zero-order valence-electron chi connectivity index (χ0n) is 6.69. The zero-order chi connectivity index (χ0) is 9.84. The van der Waals surface area contributed by atoms with Crippen LogP contribution in [0.5, 0.6) is 0 Å². The number of hydrogen-bond donors (Lipinski definition) is 0. The summed E-state index contributed by atoms with van der Waals surface area (Å²) in [6.07, 6.45) is 0.397. The van der Waals surface area contributed by atoms with E-state index in [1.165, 1.54) is 0 Å². The van der Waals surface area contributed by atoms with Crippen molar-refractivity contribution in [1.29, 1.82) is 0 Å². The SMILES string of the molecule is O=C(CCCl)c1cc(Br)ccc1I. The molecular formula is C9H7BrClIO. The van der Waals surface area contributed by atoms with E-state index in [9.17, 15) is 4.79 Å². The zero-order valence-corrected chi connectivity index (χ0v) is 11.2. The van der Waals surface area contributed by atoms with E-state index in [-0.39, 0.29) is 5.78 Å². The van der Waals surface area contributed by atoms with Crippen LogP contribution in [-0.4, -0.2) is 11.7 Å². The second-order valence-electron chi connectivity index (χ2n) is 2.49. The Bertz CT molecular complexity index is 327. The van der Waals surface area contributed by atoms with Crippen molar-refractivity contribution >= 4 is 55.9 Å². The average Bonchev–Trinajstić information content (AvgIpc) is 2.09. The van der Waals surface area contributed by atoms with Gasteiger partial charge in [0.25, 0.3) is 0 Å². The molecule has 0 spiro atoms. The van der Waals surface area contributed by atoms with Crippen molar-refractivity contribution in [1.82, 2.24) is 0 Å². The summed E-state index contributed by atoms with van der Waals surface area (Å²) in [5.41, 5.74) is 0.746. The minimum atomic E-state index is 0.0979. The fourth-order valence-corrected chi connectivity index (χ4v) is 2.10. The summed E-state index contributed by atoms with van der Waals surface area (Å²) in [6.45, 7) is 0. The topological polar surface area (TPSA) is 17.1 Å². The monoisotopic (exact) mass is 372 g/mol. The molecule has 1 aromatic rings. The molecule has 0 unspecified atom stereocenters. The molecule has 0 amide bonds. The van der Waals surface area contributed by atoms with Gasteiger partial charge in [-0.05, 0) is 40.8 Å². The minimum absolute atomic E-state index is 0.0979. The van der Waals surface area contributed by atoms with Crippen LogP contribution in [0, 0.1) is 3.57 Å². The van der Waals surface area contributed by atoms with Gasteiger partial charge in [-0.3, -0.25) is 4.79 Å². The smallest absolute Gasteiger partial charge is 0.165 e. The van der Waals surface area contributed by atoms with Crippen LogP contribution in [0.1, 0.15) is 16.8 Å². The molecule has 0 bridgehead atoms. The fraction of sp³-hybridized carbons (Fsp3) is 0.222. The Balaban J connectivity index is 2.99. The number of hydrogen-bond acceptors (Lipinski definition) is 1. The molecule has 4 heteroatoms. The molecule has 0 radical (unpaired) electrons. The molecule has 1 aromatic carbocycles. The predicted molar refractivity (Wildman–Crippen MR) is 66.5 cm³/mol. The highest BCUT2D eigenvalue weighted by Gasteiger charge is 2.09. The van der Waals surface area contributed by atoms with Gasteiger partial charge in [0.05, 0.1) is 0 Å². The number of halogens is 3. The van der Waals surface area contributed by atoms with Crippen molar-refractivity contribution in [2.24, 2.45) is 0 Å². The molecule has 0 N–H and O–H groups in total. The van der Waals surface area contributed by atoms with Gasteiger partial charge in [-0.1, -0.05) is 15.9 Å². The highest BCUT2D eigenvalue weighted by Crippen LogP contribution is 2.19. The molecule has 0 heterocycles. The summed E-state index contributed by atoms with van der Waals surface area (Å²) in [7, 11) is 0. The Morgan fingerprint density at radius 3 is 2.85 bits per heavy atom. The van der Waals surface area contributed by atoms with Crippen LogP contribution in [0.15, 0.2) is 22.7 Å². The van der Waals surface area contributed by atoms with Gasteiger partial charge in [0, 0.05) is 25.9 Å². The third-order valence-electron chi connectivity index (χ3n) is 1.55. The van der Waals surface area contributed by atoms with Gasteiger partial charge in [-0.2, -0.15) is 0 Å². The van der Waals surface area contributed by atoms with E-state index in [0.29, 0.717) is 12.3 Å². The van der Waals surface area contributed by atoms with Crippen LogP contribution in [0.4, 0.5) is 0 Å². The van der Waals surface area contributed by atoms with E-state index in [1.54, 1.807) is 0 Å². The third kappa shape index (κ3) is 3.22. The summed E-state index contributed by atoms with van der Waals surface area (Å²) in [6, 6.07) is 5.65. The molecule has 70 valence electrons. The lowest BCUT2D eigenvalue weighted by Gasteiger charge is -2.02. The fourth-order valence-electron chi connectivity index (χ4n) is 0.932. The normalized spacial score (nSPS) is 10.1. The lowest BCUT2D eigenvalue weighted by Crippen LogP contribution is -2.02. The van der Waals surface area contributed by atoms with Crippen molar-refractivity contribution in [2.75, 3.05) is 5.88 Å². The number of Topliss-reactive ketones (excluding diaryl/α,β-unsaturated/α-hetero) is 1. The minimum Gasteiger partial charge on any atom is -0.294 e. The predicted octanol–water partition coefficient (Wildman–Crippen LogP) is 3.87. The van der Waals surface area contributed by atoms with Gasteiger partial charge in [-0.25, -0.2) is 0 Å². The third-order valence-corrected chi connectivity index (χ3v) is 3.17. The number of benzene rings is 1. The van der Waals surface area contributed by atoms with Crippen molar-refractivity contribution in [3.8, 4) is 0 Å². The van der Waals surface area contributed by atoms with E-state index in [4.69, 9.17) is 11.6 Å². The summed E-state index contributed by atoms with van der Waals surface area (Å²) in [5.74, 6) is 0.474. The van der Waals surface area contributed by atoms with E-state index in [2.05, 4.69) is 38.5 Å². The van der Waals surface area contributed by atoms with Gasteiger partial charge in [0.15, 0.2) is 5.78 Å². The van der Waals surface area contributed by atoms with Crippen LogP contribution in [-0.2, 0) is 0 Å². The van der Waals surface area contributed by atoms with Crippen molar-refractivity contribution in [3.63, 3.8) is 0 Å². The second kappa shape index (κ2) is 5.32. The summed E-state index contributed by atoms with van der Waals surface area (Å²) in [4.78, 5) is 11.5. The Labute approximate surface area is 104 Å². The van der Waals surface area contributed by atoms with Crippen molar-refractivity contribution in [2.45, 2.75) is 6.42 Å². The Morgan fingerprint density at radius 2 is 2.23 bits per heavy atom. The van der Waals surface area contributed by atoms with Crippen molar-refractivity contribution in [3.05, 3.63) is 31.8 Å². The van der Waals surface area contributed by atoms with Crippen LogP contribution < -0.4 is 0 Å². The van der Waals surface area contributed by atoms with Crippen LogP contribution in [0.25, 0.3) is 0 Å². The van der Waals surface area contributed by atoms with E-state index in [1.807, 2.05) is 18.2 Å². The molecule has 0 aliphatic carbocycles. The second-order valence-corrected chi connectivity index (χ2v) is 4.94. The number of carbonyl (C=O) groups excluding carboxylic acids is 1. The molecule has 0 atom stereocenters.